The Hall–Kier alpha value is -1.95. The highest BCUT2D eigenvalue weighted by molar-refractivity contribution is 5.77. The van der Waals surface area contributed by atoms with Crippen molar-refractivity contribution in [3.63, 3.8) is 0 Å². The zero-order chi connectivity index (χ0) is 16.8. The number of rotatable bonds is 4. The molecule has 24 heavy (non-hydrogen) atoms. The number of nitrogens with zero attached hydrogens (tertiary/aromatic N) is 4. The topological polar surface area (TPSA) is 58.6 Å². The van der Waals surface area contributed by atoms with Gasteiger partial charge < -0.3 is 14.5 Å². The van der Waals surface area contributed by atoms with E-state index in [9.17, 15) is 4.79 Å². The van der Waals surface area contributed by atoms with E-state index >= 15 is 0 Å². The minimum Gasteiger partial charge on any atom is -0.378 e. The van der Waals surface area contributed by atoms with Crippen LogP contribution >= 0.6 is 0 Å². The largest absolute Gasteiger partial charge is 0.378 e. The summed E-state index contributed by atoms with van der Waals surface area (Å²) in [6.07, 6.45) is 8.11. The fourth-order valence-corrected chi connectivity index (χ4v) is 3.34. The Morgan fingerprint density at radius 3 is 2.96 bits per heavy atom. The van der Waals surface area contributed by atoms with Gasteiger partial charge in [0, 0.05) is 44.6 Å². The molecule has 130 valence electrons. The van der Waals surface area contributed by atoms with E-state index in [4.69, 9.17) is 4.74 Å². The van der Waals surface area contributed by atoms with Gasteiger partial charge in [-0.3, -0.25) is 4.79 Å². The van der Waals surface area contributed by atoms with Gasteiger partial charge in [-0.2, -0.15) is 0 Å². The Balaban J connectivity index is 1.68. The van der Waals surface area contributed by atoms with Crippen molar-refractivity contribution < 1.29 is 9.53 Å². The van der Waals surface area contributed by atoms with Crippen LogP contribution in [0.5, 0.6) is 0 Å². The van der Waals surface area contributed by atoms with Gasteiger partial charge in [0.15, 0.2) is 0 Å². The van der Waals surface area contributed by atoms with Crippen molar-refractivity contribution in [1.82, 2.24) is 14.9 Å². The van der Waals surface area contributed by atoms with E-state index in [0.29, 0.717) is 12.3 Å². The summed E-state index contributed by atoms with van der Waals surface area (Å²) < 4.78 is 5.41. The first-order valence-electron chi connectivity index (χ1n) is 8.81. The van der Waals surface area contributed by atoms with Crippen LogP contribution in [0.4, 0.5) is 5.82 Å². The molecule has 3 rings (SSSR count). The quantitative estimate of drug-likeness (QED) is 0.790. The molecular weight excluding hydrogens is 304 g/mol. The van der Waals surface area contributed by atoms with Crippen molar-refractivity contribution in [1.29, 1.82) is 0 Å². The molecule has 6 heteroatoms. The Labute approximate surface area is 143 Å². The van der Waals surface area contributed by atoms with Crippen LogP contribution in [0.3, 0.4) is 0 Å². The van der Waals surface area contributed by atoms with Crippen molar-refractivity contribution >= 4 is 11.7 Å². The maximum Gasteiger partial charge on any atom is 0.226 e. The second-order valence-corrected chi connectivity index (χ2v) is 6.35. The predicted molar refractivity (Wildman–Crippen MR) is 93.1 cm³/mol. The first kappa shape index (κ1) is 16.9. The van der Waals surface area contributed by atoms with Gasteiger partial charge in [-0.15, -0.1) is 0 Å². The van der Waals surface area contributed by atoms with Crippen LogP contribution in [0.2, 0.25) is 0 Å². The van der Waals surface area contributed by atoms with Gasteiger partial charge in [0.2, 0.25) is 5.91 Å². The lowest BCUT2D eigenvalue weighted by Gasteiger charge is -2.33. The average molecular weight is 330 g/mol. The molecule has 6 nitrogen and oxygen atoms in total. The molecular formula is C18H26N4O2. The predicted octanol–water partition coefficient (Wildman–Crippen LogP) is 1.99. The highest BCUT2D eigenvalue weighted by Crippen LogP contribution is 2.27. The number of carbonyl (C=O) groups excluding carboxylic acids is 1. The molecule has 1 unspecified atom stereocenters. The normalized spacial score (nSPS) is 22.1. The number of ether oxygens (including phenoxy) is 1. The third kappa shape index (κ3) is 4.12. The number of anilines is 1. The summed E-state index contributed by atoms with van der Waals surface area (Å²) in [4.78, 5) is 25.4. The van der Waals surface area contributed by atoms with Crippen LogP contribution in [-0.4, -0.2) is 60.2 Å². The summed E-state index contributed by atoms with van der Waals surface area (Å²) in [7, 11) is 0. The smallest absolute Gasteiger partial charge is 0.226 e. The maximum absolute atomic E-state index is 12.3. The Morgan fingerprint density at radius 1 is 1.33 bits per heavy atom. The molecule has 0 saturated carbocycles. The lowest BCUT2D eigenvalue weighted by molar-refractivity contribution is -0.131. The molecule has 1 aromatic rings. The minimum atomic E-state index is 0.209. The molecule has 0 aliphatic carbocycles. The van der Waals surface area contributed by atoms with Crippen LogP contribution in [0.25, 0.3) is 0 Å². The van der Waals surface area contributed by atoms with Gasteiger partial charge in [0.25, 0.3) is 0 Å². The van der Waals surface area contributed by atoms with Crippen LogP contribution in [0.1, 0.15) is 37.8 Å². The first-order valence-corrected chi connectivity index (χ1v) is 8.81. The second kappa shape index (κ2) is 8.24. The van der Waals surface area contributed by atoms with Gasteiger partial charge in [0.1, 0.15) is 12.1 Å². The number of aromatic nitrogens is 2. The van der Waals surface area contributed by atoms with E-state index in [1.807, 2.05) is 24.0 Å². The Kier molecular flexibility index (Phi) is 5.80. The lowest BCUT2D eigenvalue weighted by atomic mass is 9.94. The SMILES string of the molecule is CC=CCC(=O)N1CCCC(c2cc(N3CCOCC3)ncn2)C1. The molecule has 2 fully saturated rings. The number of morpholine rings is 1. The number of hydrogen-bond donors (Lipinski definition) is 0. The molecule has 2 saturated heterocycles. The van der Waals surface area contributed by atoms with E-state index in [2.05, 4.69) is 20.9 Å². The van der Waals surface area contributed by atoms with Gasteiger partial charge in [-0.1, -0.05) is 12.2 Å². The zero-order valence-corrected chi connectivity index (χ0v) is 14.4. The molecule has 0 N–H and O–H groups in total. The first-order chi connectivity index (χ1) is 11.8. The van der Waals surface area contributed by atoms with E-state index < -0.39 is 0 Å². The van der Waals surface area contributed by atoms with Crippen LogP contribution in [0.15, 0.2) is 24.5 Å². The second-order valence-electron chi connectivity index (χ2n) is 6.35. The lowest BCUT2D eigenvalue weighted by Crippen LogP contribution is -2.39. The number of hydrogen-bond acceptors (Lipinski definition) is 5. The summed E-state index contributed by atoms with van der Waals surface area (Å²) in [5.74, 6) is 1.48. The van der Waals surface area contributed by atoms with Gasteiger partial charge >= 0.3 is 0 Å². The third-order valence-electron chi connectivity index (χ3n) is 4.73. The van der Waals surface area contributed by atoms with Crippen molar-refractivity contribution in [2.75, 3.05) is 44.3 Å². The van der Waals surface area contributed by atoms with Crippen LogP contribution in [0, 0.1) is 0 Å². The fourth-order valence-electron chi connectivity index (χ4n) is 3.34. The summed E-state index contributed by atoms with van der Waals surface area (Å²) in [6.45, 7) is 6.79. The third-order valence-corrected chi connectivity index (χ3v) is 4.73. The molecule has 0 aromatic carbocycles. The number of allylic oxidation sites excluding steroid dienone is 1. The molecule has 0 radical (unpaired) electrons. The molecule has 1 aromatic heterocycles. The summed E-state index contributed by atoms with van der Waals surface area (Å²) >= 11 is 0. The Bertz CT molecular complexity index is 584. The van der Waals surface area contributed by atoms with E-state index in [0.717, 1.165) is 63.7 Å². The standard InChI is InChI=1S/C18H26N4O2/c1-2-3-6-18(23)22-7-4-5-15(13-22)16-12-17(20-14-19-16)21-8-10-24-11-9-21/h2-3,12,14-15H,4-11,13H2,1H3. The van der Waals surface area contributed by atoms with Crippen molar-refractivity contribution in [2.24, 2.45) is 0 Å². The average Bonchev–Trinajstić information content (AvgIpc) is 2.67. The minimum absolute atomic E-state index is 0.209. The molecule has 1 amide bonds. The molecule has 3 heterocycles. The van der Waals surface area contributed by atoms with Gasteiger partial charge in [-0.25, -0.2) is 9.97 Å². The van der Waals surface area contributed by atoms with Crippen LogP contribution in [-0.2, 0) is 9.53 Å². The van der Waals surface area contributed by atoms with Crippen molar-refractivity contribution in [3.05, 3.63) is 30.2 Å². The van der Waals surface area contributed by atoms with Crippen molar-refractivity contribution in [2.45, 2.75) is 32.1 Å². The summed E-state index contributed by atoms with van der Waals surface area (Å²) in [5.41, 5.74) is 1.05. The summed E-state index contributed by atoms with van der Waals surface area (Å²) in [6, 6.07) is 2.09. The van der Waals surface area contributed by atoms with E-state index in [1.54, 1.807) is 6.33 Å². The van der Waals surface area contributed by atoms with Crippen LogP contribution < -0.4 is 4.90 Å². The van der Waals surface area contributed by atoms with E-state index in [1.165, 1.54) is 0 Å². The molecule has 2 aliphatic heterocycles. The fraction of sp³-hybridized carbons (Fsp3) is 0.611. The maximum atomic E-state index is 12.3. The van der Waals surface area contributed by atoms with Crippen molar-refractivity contribution in [3.8, 4) is 0 Å². The zero-order valence-electron chi connectivity index (χ0n) is 14.4. The highest BCUT2D eigenvalue weighted by Gasteiger charge is 2.25. The number of amides is 1. The Morgan fingerprint density at radius 2 is 2.17 bits per heavy atom. The molecule has 1 atom stereocenters. The molecule has 0 bridgehead atoms. The highest BCUT2D eigenvalue weighted by atomic mass is 16.5. The molecule has 2 aliphatic rings. The number of carbonyl (C=O) groups is 1. The summed E-state index contributed by atoms with van der Waals surface area (Å²) in [5, 5.41) is 0. The number of likely N-dealkylation sites (tertiary alicyclic amines) is 1. The number of piperidine rings is 1. The van der Waals surface area contributed by atoms with E-state index in [-0.39, 0.29) is 5.91 Å². The monoisotopic (exact) mass is 330 g/mol. The van der Waals surface area contributed by atoms with Gasteiger partial charge in [0.05, 0.1) is 18.9 Å². The molecule has 0 spiro atoms. The van der Waals surface area contributed by atoms with Gasteiger partial charge in [-0.05, 0) is 19.8 Å².